The number of ether oxygens (including phenoxy) is 1. The summed E-state index contributed by atoms with van der Waals surface area (Å²) in [5, 5.41) is 0.521. The van der Waals surface area contributed by atoms with Crippen LogP contribution in [-0.2, 0) is 14.4 Å². The largest absolute Gasteiger partial charge is 0.457 e. The molecule has 1 saturated heterocycles. The molecule has 1 heterocycles. The van der Waals surface area contributed by atoms with Gasteiger partial charge in [0.2, 0.25) is 0 Å². The zero-order valence-corrected chi connectivity index (χ0v) is 12.1. The van der Waals surface area contributed by atoms with Crippen LogP contribution in [0, 0.1) is 0 Å². The van der Waals surface area contributed by atoms with Gasteiger partial charge in [0.25, 0.3) is 11.8 Å². The van der Waals surface area contributed by atoms with Gasteiger partial charge in [-0.3, -0.25) is 9.59 Å². The van der Waals surface area contributed by atoms with Crippen LogP contribution in [0.2, 0.25) is 0 Å². The Morgan fingerprint density at radius 2 is 1.52 bits per heavy atom. The second-order valence-electron chi connectivity index (χ2n) is 4.90. The van der Waals surface area contributed by atoms with Crippen LogP contribution in [0.4, 0.5) is 0 Å². The molecule has 116 valence electrons. The first-order valence-electron chi connectivity index (χ1n) is 7.04. The van der Waals surface area contributed by atoms with Crippen molar-refractivity contribution in [2.24, 2.45) is 0 Å². The molecule has 6 heteroatoms. The number of imide groups is 1. The van der Waals surface area contributed by atoms with Crippen molar-refractivity contribution in [3.05, 3.63) is 60.2 Å². The highest BCUT2D eigenvalue weighted by molar-refractivity contribution is 6.02. The number of benzene rings is 2. The third-order valence-corrected chi connectivity index (χ3v) is 3.23. The van der Waals surface area contributed by atoms with Crippen LogP contribution in [0.3, 0.4) is 0 Å². The molecule has 0 N–H and O–H groups in total. The molecule has 0 radical (unpaired) electrons. The molecule has 23 heavy (non-hydrogen) atoms. The van der Waals surface area contributed by atoms with Crippen molar-refractivity contribution in [2.45, 2.75) is 12.8 Å². The van der Waals surface area contributed by atoms with E-state index in [4.69, 9.17) is 9.57 Å². The SMILES string of the molecule is O=C(ON1C(=O)CCC1=O)c1cccc(Oc2ccccc2)c1. The minimum atomic E-state index is -0.785. The molecule has 2 aromatic carbocycles. The maximum absolute atomic E-state index is 12.1. The summed E-state index contributed by atoms with van der Waals surface area (Å²) in [4.78, 5) is 39.9. The molecule has 1 aliphatic heterocycles. The van der Waals surface area contributed by atoms with E-state index in [1.54, 1.807) is 24.3 Å². The number of para-hydroxylation sites is 1. The highest BCUT2D eigenvalue weighted by Gasteiger charge is 2.33. The number of rotatable bonds is 4. The smallest absolute Gasteiger partial charge is 0.364 e. The average Bonchev–Trinajstić information content (AvgIpc) is 2.88. The standard InChI is InChI=1S/C17H13NO5/c19-15-9-10-16(20)18(15)23-17(21)12-5-4-8-14(11-12)22-13-6-2-1-3-7-13/h1-8,11H,9-10H2. The third kappa shape index (κ3) is 3.37. The van der Waals surface area contributed by atoms with Crippen LogP contribution < -0.4 is 4.74 Å². The average molecular weight is 311 g/mol. The lowest BCUT2D eigenvalue weighted by atomic mass is 10.2. The van der Waals surface area contributed by atoms with Gasteiger partial charge in [0, 0.05) is 12.8 Å². The predicted octanol–water partition coefficient (Wildman–Crippen LogP) is 2.70. The van der Waals surface area contributed by atoms with Crippen LogP contribution in [-0.4, -0.2) is 22.8 Å². The molecule has 0 aliphatic carbocycles. The second-order valence-corrected chi connectivity index (χ2v) is 4.90. The molecule has 0 atom stereocenters. The first-order chi connectivity index (χ1) is 11.1. The van der Waals surface area contributed by atoms with E-state index in [9.17, 15) is 14.4 Å². The van der Waals surface area contributed by atoms with E-state index in [1.807, 2.05) is 18.2 Å². The molecule has 2 aromatic rings. The van der Waals surface area contributed by atoms with Gasteiger partial charge in [-0.25, -0.2) is 4.79 Å². The Bertz CT molecular complexity index is 741. The van der Waals surface area contributed by atoms with Gasteiger partial charge in [0.05, 0.1) is 5.56 Å². The van der Waals surface area contributed by atoms with Gasteiger partial charge < -0.3 is 9.57 Å². The minimum Gasteiger partial charge on any atom is -0.457 e. The highest BCUT2D eigenvalue weighted by atomic mass is 16.7. The van der Waals surface area contributed by atoms with Crippen LogP contribution in [0.5, 0.6) is 11.5 Å². The maximum Gasteiger partial charge on any atom is 0.364 e. The van der Waals surface area contributed by atoms with Gasteiger partial charge in [0.1, 0.15) is 11.5 Å². The molecule has 0 unspecified atom stereocenters. The molecular weight excluding hydrogens is 298 g/mol. The Morgan fingerprint density at radius 1 is 0.870 bits per heavy atom. The summed E-state index contributed by atoms with van der Waals surface area (Å²) in [6, 6.07) is 15.4. The van der Waals surface area contributed by atoms with E-state index < -0.39 is 17.8 Å². The number of carbonyl (C=O) groups excluding carboxylic acids is 3. The summed E-state index contributed by atoms with van der Waals surface area (Å²) >= 11 is 0. The van der Waals surface area contributed by atoms with Gasteiger partial charge in [-0.1, -0.05) is 24.3 Å². The lowest BCUT2D eigenvalue weighted by Crippen LogP contribution is -2.32. The van der Waals surface area contributed by atoms with Crippen LogP contribution >= 0.6 is 0 Å². The van der Waals surface area contributed by atoms with Crippen molar-refractivity contribution in [3.8, 4) is 11.5 Å². The molecule has 2 amide bonds. The van der Waals surface area contributed by atoms with Crippen molar-refractivity contribution in [1.82, 2.24) is 5.06 Å². The van der Waals surface area contributed by atoms with Crippen molar-refractivity contribution in [1.29, 1.82) is 0 Å². The van der Waals surface area contributed by atoms with Crippen LogP contribution in [0.1, 0.15) is 23.2 Å². The fourth-order valence-electron chi connectivity index (χ4n) is 2.10. The topological polar surface area (TPSA) is 72.9 Å². The molecule has 0 bridgehead atoms. The van der Waals surface area contributed by atoms with Crippen molar-refractivity contribution >= 4 is 17.8 Å². The van der Waals surface area contributed by atoms with Gasteiger partial charge in [-0.15, -0.1) is 5.06 Å². The summed E-state index contributed by atoms with van der Waals surface area (Å²) in [7, 11) is 0. The number of hydroxylamine groups is 2. The molecule has 0 aromatic heterocycles. The number of hydrogen-bond acceptors (Lipinski definition) is 5. The predicted molar refractivity (Wildman–Crippen MR) is 79.5 cm³/mol. The van der Waals surface area contributed by atoms with Gasteiger partial charge in [0.15, 0.2) is 0 Å². The zero-order valence-electron chi connectivity index (χ0n) is 12.1. The molecule has 0 saturated carbocycles. The Balaban J connectivity index is 1.73. The molecule has 0 spiro atoms. The zero-order chi connectivity index (χ0) is 16.2. The summed E-state index contributed by atoms with van der Waals surface area (Å²) in [6.45, 7) is 0. The van der Waals surface area contributed by atoms with Crippen LogP contribution in [0.25, 0.3) is 0 Å². The highest BCUT2D eigenvalue weighted by Crippen LogP contribution is 2.22. The Hall–Kier alpha value is -3.15. The lowest BCUT2D eigenvalue weighted by Gasteiger charge is -2.13. The molecular formula is C17H13NO5. The molecule has 3 rings (SSSR count). The van der Waals surface area contributed by atoms with Crippen molar-refractivity contribution < 1.29 is 24.0 Å². The molecule has 1 fully saturated rings. The fourth-order valence-corrected chi connectivity index (χ4v) is 2.10. The second kappa shape index (κ2) is 6.31. The summed E-state index contributed by atoms with van der Waals surface area (Å²) < 4.78 is 5.63. The fraction of sp³-hybridized carbons (Fsp3) is 0.118. The normalized spacial score (nSPS) is 14.0. The van der Waals surface area contributed by atoms with E-state index in [0.717, 1.165) is 0 Å². The van der Waals surface area contributed by atoms with E-state index in [1.165, 1.54) is 12.1 Å². The quantitative estimate of drug-likeness (QED) is 0.812. The summed E-state index contributed by atoms with van der Waals surface area (Å²) in [5.74, 6) is -0.736. The Morgan fingerprint density at radius 3 is 2.22 bits per heavy atom. The number of nitrogens with zero attached hydrogens (tertiary/aromatic N) is 1. The molecule has 6 nitrogen and oxygen atoms in total. The van der Waals surface area contributed by atoms with Crippen molar-refractivity contribution in [2.75, 3.05) is 0 Å². The van der Waals surface area contributed by atoms with Gasteiger partial charge in [-0.2, -0.15) is 0 Å². The van der Waals surface area contributed by atoms with E-state index in [-0.39, 0.29) is 18.4 Å². The minimum absolute atomic E-state index is 0.0588. The first kappa shape index (κ1) is 14.8. The van der Waals surface area contributed by atoms with Gasteiger partial charge in [-0.05, 0) is 30.3 Å². The van der Waals surface area contributed by atoms with E-state index in [2.05, 4.69) is 0 Å². The summed E-state index contributed by atoms with van der Waals surface area (Å²) in [5.41, 5.74) is 0.186. The van der Waals surface area contributed by atoms with Gasteiger partial charge >= 0.3 is 5.97 Å². The lowest BCUT2D eigenvalue weighted by molar-refractivity contribution is -0.172. The van der Waals surface area contributed by atoms with Crippen molar-refractivity contribution in [3.63, 3.8) is 0 Å². The molecule has 1 aliphatic rings. The first-order valence-corrected chi connectivity index (χ1v) is 7.04. The van der Waals surface area contributed by atoms with Crippen LogP contribution in [0.15, 0.2) is 54.6 Å². The Kier molecular flexibility index (Phi) is 4.05. The number of carbonyl (C=O) groups is 3. The van der Waals surface area contributed by atoms with E-state index in [0.29, 0.717) is 16.6 Å². The third-order valence-electron chi connectivity index (χ3n) is 3.23. The monoisotopic (exact) mass is 311 g/mol. The number of amides is 2. The van der Waals surface area contributed by atoms with E-state index >= 15 is 0 Å². The Labute approximate surface area is 132 Å². The summed E-state index contributed by atoms with van der Waals surface area (Å²) in [6.07, 6.45) is 0.118. The number of hydrogen-bond donors (Lipinski definition) is 0. The maximum atomic E-state index is 12.1.